The van der Waals surface area contributed by atoms with E-state index in [1.165, 1.54) is 0 Å². The van der Waals surface area contributed by atoms with Gasteiger partial charge >= 0.3 is 0 Å². The summed E-state index contributed by atoms with van der Waals surface area (Å²) in [4.78, 5) is 25.2. The Hall–Kier alpha value is -1.10. The average Bonchev–Trinajstić information content (AvgIpc) is 2.77. The van der Waals surface area contributed by atoms with E-state index in [1.54, 1.807) is 6.92 Å². The topological polar surface area (TPSA) is 61.4 Å². The molecule has 0 radical (unpaired) electrons. The predicted molar refractivity (Wildman–Crippen MR) is 66.6 cm³/mol. The molecule has 0 bridgehead atoms. The van der Waals surface area contributed by atoms with Gasteiger partial charge in [-0.15, -0.1) is 0 Å². The lowest BCUT2D eigenvalue weighted by atomic mass is 10.3. The predicted octanol–water partition coefficient (Wildman–Crippen LogP) is 0.112. The van der Waals surface area contributed by atoms with E-state index in [0.29, 0.717) is 0 Å². The van der Waals surface area contributed by atoms with Crippen molar-refractivity contribution in [1.82, 2.24) is 15.5 Å². The molecule has 1 fully saturated rings. The molecular formula is C12H23N3O2. The number of amides is 2. The highest BCUT2D eigenvalue weighted by Gasteiger charge is 2.19. The van der Waals surface area contributed by atoms with Crippen LogP contribution in [0.2, 0.25) is 0 Å². The first-order valence-electron chi connectivity index (χ1n) is 6.32. The molecule has 1 unspecified atom stereocenters. The van der Waals surface area contributed by atoms with Crippen LogP contribution in [-0.2, 0) is 9.59 Å². The Morgan fingerprint density at radius 3 is 2.29 bits per heavy atom. The van der Waals surface area contributed by atoms with Crippen LogP contribution in [0.15, 0.2) is 0 Å². The summed E-state index contributed by atoms with van der Waals surface area (Å²) in [5, 5.41) is 5.77. The van der Waals surface area contributed by atoms with Crippen molar-refractivity contribution in [2.24, 2.45) is 0 Å². The van der Waals surface area contributed by atoms with Crippen LogP contribution in [0.5, 0.6) is 0 Å². The van der Waals surface area contributed by atoms with Gasteiger partial charge < -0.3 is 10.2 Å². The molecule has 17 heavy (non-hydrogen) atoms. The fraction of sp³-hybridized carbons (Fsp3) is 0.833. The summed E-state index contributed by atoms with van der Waals surface area (Å²) in [6, 6.07) is -0.204. The van der Waals surface area contributed by atoms with Crippen LogP contribution >= 0.6 is 0 Å². The number of nitrogens with zero attached hydrogens (tertiary/aromatic N) is 1. The molecule has 0 aromatic carbocycles. The Morgan fingerprint density at radius 1 is 1.18 bits per heavy atom. The second-order valence-electron chi connectivity index (χ2n) is 4.85. The van der Waals surface area contributed by atoms with Crippen LogP contribution in [0.25, 0.3) is 0 Å². The van der Waals surface area contributed by atoms with Gasteiger partial charge in [-0.05, 0) is 33.6 Å². The molecule has 0 spiro atoms. The van der Waals surface area contributed by atoms with E-state index < -0.39 is 0 Å². The molecule has 5 heteroatoms. The summed E-state index contributed by atoms with van der Waals surface area (Å²) >= 11 is 0. The minimum Gasteiger partial charge on any atom is -0.353 e. The van der Waals surface area contributed by atoms with Crippen LogP contribution in [0.4, 0.5) is 0 Å². The molecule has 1 aliphatic heterocycles. The Labute approximate surface area is 103 Å². The first kappa shape index (κ1) is 14.0. The zero-order chi connectivity index (χ0) is 12.8. The first-order valence-corrected chi connectivity index (χ1v) is 6.32. The van der Waals surface area contributed by atoms with Gasteiger partial charge in [-0.25, -0.2) is 0 Å². The van der Waals surface area contributed by atoms with Crippen molar-refractivity contribution in [3.63, 3.8) is 0 Å². The molecule has 1 rings (SSSR count). The molecule has 5 nitrogen and oxygen atoms in total. The van der Waals surface area contributed by atoms with Crippen LogP contribution in [0, 0.1) is 0 Å². The standard InChI is InChI=1S/C12H23N3O2/c1-9(2)14-12(17)10(3)13-8-11(16)15-6-4-5-7-15/h9-10,13H,4-8H2,1-3H3,(H,14,17). The van der Waals surface area contributed by atoms with Crippen molar-refractivity contribution in [3.05, 3.63) is 0 Å². The van der Waals surface area contributed by atoms with Crippen LogP contribution in [0.3, 0.4) is 0 Å². The molecule has 1 atom stereocenters. The first-order chi connectivity index (χ1) is 8.00. The van der Waals surface area contributed by atoms with E-state index in [9.17, 15) is 9.59 Å². The van der Waals surface area contributed by atoms with Crippen molar-refractivity contribution in [2.75, 3.05) is 19.6 Å². The minimum atomic E-state index is -0.330. The highest BCUT2D eigenvalue weighted by molar-refractivity contribution is 5.83. The Bertz CT molecular complexity index is 273. The number of likely N-dealkylation sites (tertiary alicyclic amines) is 1. The number of hydrogen-bond donors (Lipinski definition) is 2. The second-order valence-corrected chi connectivity index (χ2v) is 4.85. The summed E-state index contributed by atoms with van der Waals surface area (Å²) in [6.07, 6.45) is 2.18. The third-order valence-corrected chi connectivity index (χ3v) is 2.84. The van der Waals surface area contributed by atoms with Gasteiger partial charge in [0, 0.05) is 19.1 Å². The molecule has 2 N–H and O–H groups in total. The van der Waals surface area contributed by atoms with E-state index in [-0.39, 0.29) is 30.4 Å². The zero-order valence-corrected chi connectivity index (χ0v) is 11.0. The number of carbonyl (C=O) groups is 2. The van der Waals surface area contributed by atoms with Gasteiger partial charge in [-0.3, -0.25) is 14.9 Å². The highest BCUT2D eigenvalue weighted by Crippen LogP contribution is 2.06. The van der Waals surface area contributed by atoms with Crippen molar-refractivity contribution < 1.29 is 9.59 Å². The van der Waals surface area contributed by atoms with E-state index in [0.717, 1.165) is 25.9 Å². The van der Waals surface area contributed by atoms with Gasteiger partial charge in [0.2, 0.25) is 11.8 Å². The largest absolute Gasteiger partial charge is 0.353 e. The van der Waals surface area contributed by atoms with Crippen LogP contribution in [-0.4, -0.2) is 48.4 Å². The fourth-order valence-electron chi connectivity index (χ4n) is 1.82. The smallest absolute Gasteiger partial charge is 0.237 e. The normalized spacial score (nSPS) is 17.3. The maximum atomic E-state index is 11.7. The lowest BCUT2D eigenvalue weighted by Gasteiger charge is -2.19. The third-order valence-electron chi connectivity index (χ3n) is 2.84. The third kappa shape index (κ3) is 4.73. The fourth-order valence-corrected chi connectivity index (χ4v) is 1.82. The number of rotatable bonds is 5. The Balaban J connectivity index is 2.24. The molecule has 1 aliphatic rings. The van der Waals surface area contributed by atoms with Crippen molar-refractivity contribution in [3.8, 4) is 0 Å². The lowest BCUT2D eigenvalue weighted by molar-refractivity contribution is -0.129. The zero-order valence-electron chi connectivity index (χ0n) is 11.0. The summed E-state index contributed by atoms with van der Waals surface area (Å²) in [5.41, 5.74) is 0. The highest BCUT2D eigenvalue weighted by atomic mass is 16.2. The van der Waals surface area contributed by atoms with Crippen molar-refractivity contribution in [2.45, 2.75) is 45.7 Å². The molecule has 2 amide bonds. The summed E-state index contributed by atoms with van der Waals surface area (Å²) in [7, 11) is 0. The number of nitrogens with one attached hydrogen (secondary N) is 2. The van der Waals surface area contributed by atoms with E-state index in [1.807, 2.05) is 18.7 Å². The van der Waals surface area contributed by atoms with Crippen LogP contribution < -0.4 is 10.6 Å². The molecule has 0 saturated carbocycles. The van der Waals surface area contributed by atoms with Gasteiger partial charge in [-0.1, -0.05) is 0 Å². The average molecular weight is 241 g/mol. The molecule has 1 heterocycles. The molecule has 1 saturated heterocycles. The van der Waals surface area contributed by atoms with E-state index >= 15 is 0 Å². The molecule has 0 aliphatic carbocycles. The molecule has 0 aromatic heterocycles. The SMILES string of the molecule is CC(C)NC(=O)C(C)NCC(=O)N1CCCC1. The maximum absolute atomic E-state index is 11.7. The summed E-state index contributed by atoms with van der Waals surface area (Å²) in [5.74, 6) is 0.0286. The minimum absolute atomic E-state index is 0.0609. The van der Waals surface area contributed by atoms with E-state index in [2.05, 4.69) is 10.6 Å². The lowest BCUT2D eigenvalue weighted by Crippen LogP contribution is -2.48. The van der Waals surface area contributed by atoms with Gasteiger partial charge in [-0.2, -0.15) is 0 Å². The Kier molecular flexibility index (Phi) is 5.41. The van der Waals surface area contributed by atoms with Gasteiger partial charge in [0.25, 0.3) is 0 Å². The van der Waals surface area contributed by atoms with Crippen molar-refractivity contribution >= 4 is 11.8 Å². The van der Waals surface area contributed by atoms with Crippen molar-refractivity contribution in [1.29, 1.82) is 0 Å². The molecule has 0 aromatic rings. The summed E-state index contributed by atoms with van der Waals surface area (Å²) in [6.45, 7) is 7.56. The quantitative estimate of drug-likeness (QED) is 0.718. The van der Waals surface area contributed by atoms with E-state index in [4.69, 9.17) is 0 Å². The second kappa shape index (κ2) is 6.59. The number of carbonyl (C=O) groups excluding carboxylic acids is 2. The van der Waals surface area contributed by atoms with Crippen LogP contribution in [0.1, 0.15) is 33.6 Å². The Morgan fingerprint density at radius 2 is 1.76 bits per heavy atom. The summed E-state index contributed by atoms with van der Waals surface area (Å²) < 4.78 is 0. The van der Waals surface area contributed by atoms with Gasteiger partial charge in [0.05, 0.1) is 12.6 Å². The van der Waals surface area contributed by atoms with Gasteiger partial charge in [0.1, 0.15) is 0 Å². The molecular weight excluding hydrogens is 218 g/mol. The maximum Gasteiger partial charge on any atom is 0.237 e. The van der Waals surface area contributed by atoms with Gasteiger partial charge in [0.15, 0.2) is 0 Å². The number of hydrogen-bond acceptors (Lipinski definition) is 3. The molecule has 98 valence electrons. The monoisotopic (exact) mass is 241 g/mol.